The standard InChI is InChI=1S/C9H9F4N3O2S/c1-19(17,18)7-3-2-5(4-6(7)10)15-16-8(14)9(11,12)13/h2-4,15H,1H3,(H2,14,16). The number of hydrogen-bond acceptors (Lipinski definition) is 4. The molecule has 0 aliphatic carbocycles. The monoisotopic (exact) mass is 299 g/mol. The minimum atomic E-state index is -4.81. The Hall–Kier alpha value is -1.84. The molecule has 0 spiro atoms. The first-order chi connectivity index (χ1) is 8.51. The molecule has 0 unspecified atom stereocenters. The van der Waals surface area contributed by atoms with Crippen molar-refractivity contribution in [3.05, 3.63) is 24.0 Å². The molecule has 1 rings (SSSR count). The third-order valence-electron chi connectivity index (χ3n) is 1.93. The summed E-state index contributed by atoms with van der Waals surface area (Å²) in [6.45, 7) is 0. The summed E-state index contributed by atoms with van der Waals surface area (Å²) in [5, 5.41) is 2.80. The van der Waals surface area contributed by atoms with Crippen LogP contribution in [0.15, 0.2) is 28.2 Å². The molecule has 106 valence electrons. The second kappa shape index (κ2) is 5.03. The average Bonchev–Trinajstić information content (AvgIpc) is 2.22. The van der Waals surface area contributed by atoms with Crippen molar-refractivity contribution in [3.63, 3.8) is 0 Å². The van der Waals surface area contributed by atoms with Gasteiger partial charge in [0.1, 0.15) is 10.7 Å². The Bertz CT molecular complexity index is 610. The smallest absolute Gasteiger partial charge is 0.378 e. The Balaban J connectivity index is 2.99. The molecule has 0 fully saturated rings. The number of rotatable bonds is 3. The predicted molar refractivity (Wildman–Crippen MR) is 60.8 cm³/mol. The average molecular weight is 299 g/mol. The van der Waals surface area contributed by atoms with Crippen molar-refractivity contribution in [1.82, 2.24) is 0 Å². The third kappa shape index (κ3) is 4.09. The fourth-order valence-electron chi connectivity index (χ4n) is 1.06. The molecule has 0 amide bonds. The lowest BCUT2D eigenvalue weighted by Gasteiger charge is -2.07. The number of hydrogen-bond donors (Lipinski definition) is 2. The molecule has 3 N–H and O–H groups in total. The van der Waals surface area contributed by atoms with Gasteiger partial charge in [-0.3, -0.25) is 5.43 Å². The van der Waals surface area contributed by atoms with Crippen LogP contribution in [0.3, 0.4) is 0 Å². The molecule has 0 bridgehead atoms. The van der Waals surface area contributed by atoms with Gasteiger partial charge in [-0.05, 0) is 12.1 Å². The van der Waals surface area contributed by atoms with Crippen LogP contribution in [0.4, 0.5) is 23.2 Å². The van der Waals surface area contributed by atoms with Gasteiger partial charge in [-0.1, -0.05) is 0 Å². The summed E-state index contributed by atoms with van der Waals surface area (Å²) in [4.78, 5) is -0.564. The lowest BCUT2D eigenvalue weighted by Crippen LogP contribution is -2.32. The molecule has 0 atom stereocenters. The number of nitrogens with two attached hydrogens (primary N) is 1. The summed E-state index contributed by atoms with van der Waals surface area (Å²) in [6.07, 6.45) is -4.00. The zero-order chi connectivity index (χ0) is 14.8. The van der Waals surface area contributed by atoms with Crippen molar-refractivity contribution >= 4 is 21.4 Å². The Labute approximate surface area is 106 Å². The van der Waals surface area contributed by atoms with Crippen LogP contribution in [0.2, 0.25) is 0 Å². The van der Waals surface area contributed by atoms with Crippen LogP contribution in [-0.2, 0) is 9.84 Å². The van der Waals surface area contributed by atoms with Gasteiger partial charge in [0.25, 0.3) is 0 Å². The number of halogens is 4. The summed E-state index contributed by atoms with van der Waals surface area (Å²) < 4.78 is 71.6. The quantitative estimate of drug-likeness (QED) is 0.383. The van der Waals surface area contributed by atoms with Gasteiger partial charge in [-0.2, -0.15) is 18.3 Å². The van der Waals surface area contributed by atoms with Gasteiger partial charge in [0.15, 0.2) is 9.84 Å². The highest BCUT2D eigenvalue weighted by atomic mass is 32.2. The molecule has 0 aromatic heterocycles. The summed E-state index contributed by atoms with van der Waals surface area (Å²) >= 11 is 0. The first-order valence-corrected chi connectivity index (χ1v) is 6.57. The zero-order valence-corrected chi connectivity index (χ0v) is 10.3. The van der Waals surface area contributed by atoms with E-state index >= 15 is 0 Å². The van der Waals surface area contributed by atoms with Gasteiger partial charge < -0.3 is 5.73 Å². The number of benzene rings is 1. The predicted octanol–water partition coefficient (Wildman–Crippen LogP) is 1.48. The van der Waals surface area contributed by atoms with E-state index in [0.717, 1.165) is 18.4 Å². The molecular weight excluding hydrogens is 290 g/mol. The van der Waals surface area contributed by atoms with Crippen LogP contribution < -0.4 is 11.2 Å². The molecule has 1 aromatic carbocycles. The molecule has 5 nitrogen and oxygen atoms in total. The minimum absolute atomic E-state index is 0.169. The number of alkyl halides is 3. The van der Waals surface area contributed by atoms with Crippen molar-refractivity contribution in [3.8, 4) is 0 Å². The molecule has 10 heteroatoms. The van der Waals surface area contributed by atoms with Gasteiger partial charge in [0.05, 0.1) is 5.69 Å². The Morgan fingerprint density at radius 3 is 2.37 bits per heavy atom. The third-order valence-corrected chi connectivity index (χ3v) is 3.06. The lowest BCUT2D eigenvalue weighted by molar-refractivity contribution is -0.0599. The Kier molecular flexibility index (Phi) is 4.03. The maximum Gasteiger partial charge on any atom is 0.450 e. The number of nitrogens with zero attached hydrogens (tertiary/aromatic N) is 1. The van der Waals surface area contributed by atoms with Gasteiger partial charge >= 0.3 is 6.18 Å². The zero-order valence-electron chi connectivity index (χ0n) is 9.49. The van der Waals surface area contributed by atoms with E-state index in [9.17, 15) is 26.0 Å². The van der Waals surface area contributed by atoms with Gasteiger partial charge in [-0.25, -0.2) is 12.8 Å². The number of anilines is 1. The van der Waals surface area contributed by atoms with Gasteiger partial charge in [0, 0.05) is 12.3 Å². The van der Waals surface area contributed by atoms with Crippen LogP contribution in [0, 0.1) is 5.82 Å². The molecule has 0 saturated heterocycles. The van der Waals surface area contributed by atoms with Crippen LogP contribution in [0.25, 0.3) is 0 Å². The number of hydrazone groups is 1. The second-order valence-corrected chi connectivity index (χ2v) is 5.51. The van der Waals surface area contributed by atoms with E-state index in [-0.39, 0.29) is 5.69 Å². The van der Waals surface area contributed by atoms with E-state index in [2.05, 4.69) is 10.8 Å². The maximum absolute atomic E-state index is 13.4. The SMILES string of the molecule is CS(=O)(=O)c1ccc(N/N=C(\N)C(F)(F)F)cc1F. The summed E-state index contributed by atoms with van der Waals surface area (Å²) in [6, 6.07) is 2.67. The van der Waals surface area contributed by atoms with Crippen molar-refractivity contribution in [2.75, 3.05) is 11.7 Å². The largest absolute Gasteiger partial charge is 0.450 e. The van der Waals surface area contributed by atoms with Crippen molar-refractivity contribution < 1.29 is 26.0 Å². The highest BCUT2D eigenvalue weighted by Gasteiger charge is 2.33. The normalized spacial score (nSPS) is 13.4. The van der Waals surface area contributed by atoms with Crippen LogP contribution in [0.1, 0.15) is 0 Å². The fourth-order valence-corrected chi connectivity index (χ4v) is 1.79. The first kappa shape index (κ1) is 15.2. The topological polar surface area (TPSA) is 84.5 Å². The van der Waals surface area contributed by atoms with E-state index < -0.39 is 32.6 Å². The molecule has 0 heterocycles. The van der Waals surface area contributed by atoms with E-state index in [1.54, 1.807) is 0 Å². The van der Waals surface area contributed by atoms with Gasteiger partial charge in [0.2, 0.25) is 5.84 Å². The maximum atomic E-state index is 13.4. The second-order valence-electron chi connectivity index (χ2n) is 3.52. The first-order valence-electron chi connectivity index (χ1n) is 4.68. The van der Waals surface area contributed by atoms with Crippen molar-refractivity contribution in [2.24, 2.45) is 10.8 Å². The summed E-state index contributed by atoms with van der Waals surface area (Å²) in [7, 11) is -3.75. The highest BCUT2D eigenvalue weighted by Crippen LogP contribution is 2.19. The molecular formula is C9H9F4N3O2S. The van der Waals surface area contributed by atoms with E-state index in [1.165, 1.54) is 0 Å². The highest BCUT2D eigenvalue weighted by molar-refractivity contribution is 7.90. The van der Waals surface area contributed by atoms with Crippen molar-refractivity contribution in [1.29, 1.82) is 0 Å². The molecule has 0 saturated carbocycles. The van der Waals surface area contributed by atoms with Crippen LogP contribution >= 0.6 is 0 Å². The van der Waals surface area contributed by atoms with E-state index in [4.69, 9.17) is 0 Å². The summed E-state index contributed by atoms with van der Waals surface area (Å²) in [5.41, 5.74) is 6.32. The molecule has 0 radical (unpaired) electrons. The number of amidine groups is 1. The van der Waals surface area contributed by atoms with Crippen molar-refractivity contribution in [2.45, 2.75) is 11.1 Å². The van der Waals surface area contributed by atoms with E-state index in [0.29, 0.717) is 6.07 Å². The molecule has 0 aliphatic heterocycles. The van der Waals surface area contributed by atoms with Crippen LogP contribution in [-0.4, -0.2) is 26.7 Å². The molecule has 1 aromatic rings. The lowest BCUT2D eigenvalue weighted by atomic mass is 10.3. The van der Waals surface area contributed by atoms with E-state index in [1.807, 2.05) is 5.43 Å². The molecule has 0 aliphatic rings. The fraction of sp³-hybridized carbons (Fsp3) is 0.222. The Morgan fingerprint density at radius 1 is 1.37 bits per heavy atom. The number of sulfone groups is 1. The number of nitrogens with one attached hydrogen (secondary N) is 1. The van der Waals surface area contributed by atoms with Gasteiger partial charge in [-0.15, -0.1) is 0 Å². The summed E-state index contributed by atoms with van der Waals surface area (Å²) in [5.74, 6) is -2.74. The molecule has 19 heavy (non-hydrogen) atoms. The minimum Gasteiger partial charge on any atom is -0.378 e. The Morgan fingerprint density at radius 2 is 1.95 bits per heavy atom. The van der Waals surface area contributed by atoms with Crippen LogP contribution in [0.5, 0.6) is 0 Å².